The Labute approximate surface area is 268 Å². The Kier molecular flexibility index (Phi) is 14.3. The zero-order chi connectivity index (χ0) is 33.7. The quantitative estimate of drug-likeness (QED) is 0.0819. The number of hydrogen-bond acceptors (Lipinski definition) is 18. The third-order valence-corrected chi connectivity index (χ3v) is 9.54. The first-order valence-corrected chi connectivity index (χ1v) is 16.2. The summed E-state index contributed by atoms with van der Waals surface area (Å²) in [7, 11) is 1.81. The van der Waals surface area contributed by atoms with Crippen LogP contribution in [0.4, 0.5) is 0 Å². The van der Waals surface area contributed by atoms with Crippen molar-refractivity contribution in [1.82, 2.24) is 5.32 Å². The Morgan fingerprint density at radius 3 is 2.11 bits per heavy atom. The van der Waals surface area contributed by atoms with Crippen LogP contribution in [-0.4, -0.2) is 168 Å². The number of hydrogen-bond donors (Lipinski definition) is 12. The van der Waals surface area contributed by atoms with E-state index in [1.54, 1.807) is 0 Å². The van der Waals surface area contributed by atoms with Crippen LogP contribution in [0.3, 0.4) is 0 Å². The molecule has 18 heteroatoms. The maximum Gasteiger partial charge on any atom is 0.187 e. The molecule has 0 radical (unpaired) electrons. The minimum Gasteiger partial charge on any atom is -0.394 e. The lowest BCUT2D eigenvalue weighted by Gasteiger charge is -2.47. The third kappa shape index (κ3) is 8.70. The molecule has 17 N–H and O–H groups in total. The van der Waals surface area contributed by atoms with Crippen molar-refractivity contribution < 1.29 is 59.1 Å². The maximum atomic E-state index is 11.6. The molecule has 1 saturated carbocycles. The normalized spacial score (nSPS) is 47.6. The second-order valence-electron chi connectivity index (χ2n) is 12.9. The molecular weight excluding hydrogens is 612 g/mol. The van der Waals surface area contributed by atoms with E-state index >= 15 is 0 Å². The van der Waals surface area contributed by atoms with Gasteiger partial charge in [-0.25, -0.2) is 0 Å². The summed E-state index contributed by atoms with van der Waals surface area (Å²) in [5, 5.41) is 66.8. The fourth-order valence-electron chi connectivity index (χ4n) is 6.73. The molecule has 4 fully saturated rings. The van der Waals surface area contributed by atoms with Crippen molar-refractivity contribution in [2.45, 2.75) is 136 Å². The fraction of sp³-hybridized carbons (Fsp3) is 1.00. The first kappa shape index (κ1) is 38.1. The second kappa shape index (κ2) is 17.3. The zero-order valence-electron chi connectivity index (χ0n) is 26.3. The summed E-state index contributed by atoms with van der Waals surface area (Å²) in [6, 6.07) is -2.34. The van der Waals surface area contributed by atoms with Crippen LogP contribution >= 0.6 is 0 Å². The number of ether oxygens (including phenoxy) is 6. The monoisotopic (exact) mass is 668 g/mol. The highest BCUT2D eigenvalue weighted by atomic mass is 16.8. The smallest absolute Gasteiger partial charge is 0.187 e. The van der Waals surface area contributed by atoms with Gasteiger partial charge in [-0.15, -0.1) is 0 Å². The van der Waals surface area contributed by atoms with Crippen molar-refractivity contribution in [3.63, 3.8) is 0 Å². The molecule has 0 spiro atoms. The molecule has 270 valence electrons. The van der Waals surface area contributed by atoms with Crippen molar-refractivity contribution >= 4 is 0 Å². The van der Waals surface area contributed by atoms with Gasteiger partial charge in [0.05, 0.1) is 37.0 Å². The van der Waals surface area contributed by atoms with Crippen molar-refractivity contribution in [2.75, 3.05) is 33.3 Å². The topological polar surface area (TPSA) is 319 Å². The zero-order valence-corrected chi connectivity index (χ0v) is 26.3. The van der Waals surface area contributed by atoms with Gasteiger partial charge in [-0.3, -0.25) is 0 Å². The van der Waals surface area contributed by atoms with Crippen LogP contribution in [0.15, 0.2) is 0 Å². The summed E-state index contributed by atoms with van der Waals surface area (Å²) in [5.41, 5.74) is 30.3. The Morgan fingerprint density at radius 2 is 1.46 bits per heavy atom. The fourth-order valence-corrected chi connectivity index (χ4v) is 6.73. The number of nitrogens with two attached hydrogens (primary N) is 5. The number of nitrogens with one attached hydrogen (secondary N) is 1. The Morgan fingerprint density at radius 1 is 0.783 bits per heavy atom. The highest BCUT2D eigenvalue weighted by Crippen LogP contribution is 2.37. The molecule has 18 nitrogen and oxygen atoms in total. The van der Waals surface area contributed by atoms with Crippen LogP contribution in [0.1, 0.15) is 32.1 Å². The molecule has 3 saturated heterocycles. The molecule has 0 aromatic heterocycles. The lowest BCUT2D eigenvalue weighted by molar-refractivity contribution is -0.292. The molecule has 3 heterocycles. The summed E-state index contributed by atoms with van der Waals surface area (Å²) < 4.78 is 36.1. The minimum absolute atomic E-state index is 0.0631. The average Bonchev–Trinajstić information content (AvgIpc) is 3.34. The molecule has 0 aromatic rings. The van der Waals surface area contributed by atoms with Gasteiger partial charge in [0.15, 0.2) is 18.9 Å². The summed E-state index contributed by atoms with van der Waals surface area (Å²) >= 11 is 0. The highest BCUT2D eigenvalue weighted by Gasteiger charge is 2.54. The summed E-state index contributed by atoms with van der Waals surface area (Å²) in [4.78, 5) is 0. The van der Waals surface area contributed by atoms with Crippen molar-refractivity contribution in [1.29, 1.82) is 0 Å². The van der Waals surface area contributed by atoms with Gasteiger partial charge in [0.25, 0.3) is 0 Å². The molecule has 4 rings (SSSR count). The van der Waals surface area contributed by atoms with Gasteiger partial charge in [-0.1, -0.05) is 0 Å². The summed E-state index contributed by atoms with van der Waals surface area (Å²) in [6.07, 6.45) is -13.1. The van der Waals surface area contributed by atoms with Crippen LogP contribution in [-0.2, 0) is 28.4 Å². The van der Waals surface area contributed by atoms with Crippen molar-refractivity contribution in [3.05, 3.63) is 0 Å². The summed E-state index contributed by atoms with van der Waals surface area (Å²) in [6.45, 7) is -0.0924. The average molecular weight is 669 g/mol. The standard InChI is InChI=1S/C28H56N6O12/c1-34-9-13-4-5-14(31)26(41-13)44-23-15(32)6-11(2-3-12(36)7-29)19(37)25(23)46-28-22(40)24(17(10-35)43-28)45-27-18(33)21(39)20(38)16(8-30)42-27/h11-28,34-40H,2-10,29-33H2,1H3/t11-,12?,13+,14-,15+,16+,17-,18-,19+,20-,21-,22-,23-,24-,25-,26-,27-,28+/m1/s1. The Balaban J connectivity index is 1.52. The SMILES string of the molecule is CNC[C@@H]1CC[C@@H](N)[C@@H](O[C@H]2[C@H](O[C@@H]3O[C@H](CO)[C@@H](O[C@H]4O[C@@H](CN)[C@@H](O)[C@H](O)[C@H]4N)[C@H]3O)[C@@H](O)[C@H](CCC(O)CN)C[C@@H]2N)O1. The highest BCUT2D eigenvalue weighted by molar-refractivity contribution is 5.00. The Bertz CT molecular complexity index is 917. The van der Waals surface area contributed by atoms with Crippen molar-refractivity contribution in [3.8, 4) is 0 Å². The lowest BCUT2D eigenvalue weighted by Crippen LogP contribution is -2.64. The number of likely N-dealkylation sites (N-methyl/N-ethyl adjacent to an activating group) is 1. The minimum atomic E-state index is -1.54. The van der Waals surface area contributed by atoms with Gasteiger partial charge in [0.1, 0.15) is 48.8 Å². The van der Waals surface area contributed by atoms with E-state index in [1.807, 2.05) is 7.05 Å². The predicted molar refractivity (Wildman–Crippen MR) is 160 cm³/mol. The van der Waals surface area contributed by atoms with E-state index in [4.69, 9.17) is 57.1 Å². The Hall–Kier alpha value is -0.720. The molecule has 18 atom stereocenters. The molecule has 4 aliphatic rings. The van der Waals surface area contributed by atoms with Gasteiger partial charge in [-0.05, 0) is 45.1 Å². The van der Waals surface area contributed by atoms with E-state index in [-0.39, 0.29) is 19.2 Å². The van der Waals surface area contributed by atoms with E-state index in [0.29, 0.717) is 32.2 Å². The lowest BCUT2D eigenvalue weighted by atomic mass is 9.77. The molecule has 0 amide bonds. The molecular formula is C28H56N6O12. The molecule has 3 aliphatic heterocycles. The van der Waals surface area contributed by atoms with Crippen LogP contribution in [0, 0.1) is 5.92 Å². The second-order valence-corrected chi connectivity index (χ2v) is 12.9. The third-order valence-electron chi connectivity index (χ3n) is 9.54. The predicted octanol–water partition coefficient (Wildman–Crippen LogP) is -6.19. The van der Waals surface area contributed by atoms with Crippen LogP contribution in [0.2, 0.25) is 0 Å². The van der Waals surface area contributed by atoms with Crippen molar-refractivity contribution in [2.24, 2.45) is 34.6 Å². The van der Waals surface area contributed by atoms with E-state index in [9.17, 15) is 30.6 Å². The number of aliphatic hydroxyl groups excluding tert-OH is 6. The molecule has 1 aliphatic carbocycles. The van der Waals surface area contributed by atoms with E-state index < -0.39 is 111 Å². The number of rotatable bonds is 14. The van der Waals surface area contributed by atoms with Gasteiger partial charge in [0.2, 0.25) is 0 Å². The maximum absolute atomic E-state index is 11.6. The van der Waals surface area contributed by atoms with Gasteiger partial charge in [0, 0.05) is 25.7 Å². The first-order valence-electron chi connectivity index (χ1n) is 16.2. The number of aliphatic hydroxyl groups is 6. The van der Waals surface area contributed by atoms with Crippen LogP contribution in [0.25, 0.3) is 0 Å². The van der Waals surface area contributed by atoms with Crippen LogP contribution in [0.5, 0.6) is 0 Å². The molecule has 1 unspecified atom stereocenters. The molecule has 46 heavy (non-hydrogen) atoms. The molecule has 0 aromatic carbocycles. The molecule has 0 bridgehead atoms. The largest absolute Gasteiger partial charge is 0.394 e. The first-order chi connectivity index (χ1) is 21.9. The van der Waals surface area contributed by atoms with Gasteiger partial charge < -0.3 is 93.0 Å². The van der Waals surface area contributed by atoms with Gasteiger partial charge in [-0.2, -0.15) is 0 Å². The van der Waals surface area contributed by atoms with Gasteiger partial charge >= 0.3 is 0 Å². The summed E-state index contributed by atoms with van der Waals surface area (Å²) in [5.74, 6) is -0.423. The van der Waals surface area contributed by atoms with Crippen LogP contribution < -0.4 is 34.0 Å². The van der Waals surface area contributed by atoms with E-state index in [1.165, 1.54) is 0 Å². The van der Waals surface area contributed by atoms with E-state index in [0.717, 1.165) is 6.42 Å². The van der Waals surface area contributed by atoms with E-state index in [2.05, 4.69) is 5.32 Å².